The molecule has 7 heteroatoms. The summed E-state index contributed by atoms with van der Waals surface area (Å²) in [4.78, 5) is 18.6. The molecule has 2 N–H and O–H groups in total. The van der Waals surface area contributed by atoms with Gasteiger partial charge in [-0.15, -0.1) is 0 Å². The maximum absolute atomic E-state index is 11.1. The summed E-state index contributed by atoms with van der Waals surface area (Å²) in [6, 6.07) is 0. The highest BCUT2D eigenvalue weighted by molar-refractivity contribution is 5.69. The van der Waals surface area contributed by atoms with Crippen LogP contribution < -0.4 is 10.6 Å². The smallest absolute Gasteiger partial charge is 0.353 e. The monoisotopic (exact) mass is 281 g/mol. The molecule has 0 radical (unpaired) electrons. The van der Waals surface area contributed by atoms with Crippen molar-refractivity contribution in [3.05, 3.63) is 16.4 Å². The average molecular weight is 281 g/mol. The average Bonchev–Trinajstić information content (AvgIpc) is 2.38. The van der Waals surface area contributed by atoms with E-state index >= 15 is 0 Å². The zero-order valence-electron chi connectivity index (χ0n) is 12.3. The standard InChI is InChI=1S/C13H23N5O2/c1-4-14-12-11(18(19)20)13(17-9-16-12)15-8-6-5-7-10(2)3/h9-10H,4-8H2,1-3H3,(H2,14,15,16,17). The number of hydrogen-bond acceptors (Lipinski definition) is 6. The fraction of sp³-hybridized carbons (Fsp3) is 0.692. The number of anilines is 2. The molecule has 1 rings (SSSR count). The van der Waals surface area contributed by atoms with Crippen LogP contribution in [0, 0.1) is 16.0 Å². The molecule has 0 aliphatic carbocycles. The number of nitrogens with zero attached hydrogens (tertiary/aromatic N) is 3. The van der Waals surface area contributed by atoms with Gasteiger partial charge in [0.25, 0.3) is 0 Å². The molecular weight excluding hydrogens is 258 g/mol. The first-order chi connectivity index (χ1) is 9.56. The van der Waals surface area contributed by atoms with Crippen LogP contribution in [0.15, 0.2) is 6.33 Å². The lowest BCUT2D eigenvalue weighted by Crippen LogP contribution is -2.10. The minimum absolute atomic E-state index is 0.0850. The highest BCUT2D eigenvalue weighted by Gasteiger charge is 2.21. The normalized spacial score (nSPS) is 10.6. The lowest BCUT2D eigenvalue weighted by molar-refractivity contribution is -0.383. The minimum atomic E-state index is -0.450. The summed E-state index contributed by atoms with van der Waals surface area (Å²) >= 11 is 0. The summed E-state index contributed by atoms with van der Waals surface area (Å²) in [6.45, 7) is 7.49. The van der Waals surface area contributed by atoms with Crippen molar-refractivity contribution >= 4 is 17.3 Å². The van der Waals surface area contributed by atoms with Crippen molar-refractivity contribution in [1.82, 2.24) is 9.97 Å². The van der Waals surface area contributed by atoms with Gasteiger partial charge in [0.1, 0.15) is 6.33 Å². The number of rotatable bonds is 9. The number of hydrogen-bond donors (Lipinski definition) is 2. The van der Waals surface area contributed by atoms with E-state index in [9.17, 15) is 10.1 Å². The summed E-state index contributed by atoms with van der Waals surface area (Å²) in [5, 5.41) is 17.1. The molecule has 0 bridgehead atoms. The Morgan fingerprint density at radius 1 is 1.25 bits per heavy atom. The quantitative estimate of drug-likeness (QED) is 0.410. The van der Waals surface area contributed by atoms with Crippen molar-refractivity contribution in [1.29, 1.82) is 0 Å². The van der Waals surface area contributed by atoms with Gasteiger partial charge in [-0.25, -0.2) is 9.97 Å². The van der Waals surface area contributed by atoms with Crippen molar-refractivity contribution in [2.24, 2.45) is 5.92 Å². The van der Waals surface area contributed by atoms with Gasteiger partial charge in [-0.05, 0) is 19.3 Å². The lowest BCUT2D eigenvalue weighted by atomic mass is 10.1. The zero-order chi connectivity index (χ0) is 15.0. The predicted octanol–water partition coefficient (Wildman–Crippen LogP) is 3.05. The van der Waals surface area contributed by atoms with Crippen LogP contribution in [0.4, 0.5) is 17.3 Å². The Kier molecular flexibility index (Phi) is 6.69. The molecule has 1 heterocycles. The minimum Gasteiger partial charge on any atom is -0.364 e. The van der Waals surface area contributed by atoms with Crippen molar-refractivity contribution in [2.75, 3.05) is 23.7 Å². The Hall–Kier alpha value is -1.92. The van der Waals surface area contributed by atoms with Crippen molar-refractivity contribution in [2.45, 2.75) is 40.0 Å². The fourth-order valence-electron chi connectivity index (χ4n) is 1.86. The topological polar surface area (TPSA) is 93.0 Å². The molecular formula is C13H23N5O2. The zero-order valence-corrected chi connectivity index (χ0v) is 12.3. The maximum Gasteiger partial charge on any atom is 0.353 e. The van der Waals surface area contributed by atoms with E-state index in [0.29, 0.717) is 19.0 Å². The Morgan fingerprint density at radius 2 is 1.90 bits per heavy atom. The Morgan fingerprint density at radius 3 is 2.45 bits per heavy atom. The van der Waals surface area contributed by atoms with E-state index in [1.807, 2.05) is 6.92 Å². The summed E-state index contributed by atoms with van der Waals surface area (Å²) in [7, 11) is 0. The lowest BCUT2D eigenvalue weighted by Gasteiger charge is -2.09. The SMILES string of the molecule is CCNc1ncnc(NCCCCC(C)C)c1[N+](=O)[O-]. The second-order valence-electron chi connectivity index (χ2n) is 5.02. The van der Waals surface area contributed by atoms with Crippen LogP contribution in [0.1, 0.15) is 40.0 Å². The molecule has 1 aromatic heterocycles. The molecule has 0 aliphatic heterocycles. The van der Waals surface area contributed by atoms with Gasteiger partial charge in [0.2, 0.25) is 11.6 Å². The molecule has 112 valence electrons. The van der Waals surface area contributed by atoms with E-state index in [4.69, 9.17) is 0 Å². The van der Waals surface area contributed by atoms with Crippen LogP contribution in [-0.2, 0) is 0 Å². The molecule has 0 atom stereocenters. The van der Waals surface area contributed by atoms with Crippen molar-refractivity contribution < 1.29 is 4.92 Å². The van der Waals surface area contributed by atoms with Gasteiger partial charge >= 0.3 is 5.69 Å². The van der Waals surface area contributed by atoms with Gasteiger partial charge in [-0.3, -0.25) is 10.1 Å². The summed E-state index contributed by atoms with van der Waals surface area (Å²) in [5.74, 6) is 1.23. The largest absolute Gasteiger partial charge is 0.364 e. The first-order valence-corrected chi connectivity index (χ1v) is 7.03. The van der Waals surface area contributed by atoms with Crippen LogP contribution in [0.3, 0.4) is 0 Å². The highest BCUT2D eigenvalue weighted by Crippen LogP contribution is 2.28. The molecule has 0 unspecified atom stereocenters. The summed E-state index contributed by atoms with van der Waals surface area (Å²) in [5.41, 5.74) is -0.0850. The van der Waals surface area contributed by atoms with E-state index in [0.717, 1.165) is 19.3 Å². The maximum atomic E-state index is 11.1. The second kappa shape index (κ2) is 8.29. The molecule has 0 aliphatic rings. The first kappa shape index (κ1) is 16.1. The Labute approximate surface area is 119 Å². The summed E-state index contributed by atoms with van der Waals surface area (Å²) in [6.07, 6.45) is 4.57. The number of nitro groups is 1. The molecule has 0 aromatic carbocycles. The van der Waals surface area contributed by atoms with Gasteiger partial charge in [-0.1, -0.05) is 26.7 Å². The predicted molar refractivity (Wildman–Crippen MR) is 80.0 cm³/mol. The van der Waals surface area contributed by atoms with Crippen LogP contribution in [0.2, 0.25) is 0 Å². The Bertz CT molecular complexity index is 437. The molecule has 7 nitrogen and oxygen atoms in total. The third kappa shape index (κ3) is 4.99. The molecule has 20 heavy (non-hydrogen) atoms. The number of nitrogens with one attached hydrogen (secondary N) is 2. The second-order valence-corrected chi connectivity index (χ2v) is 5.02. The van der Waals surface area contributed by atoms with E-state index < -0.39 is 4.92 Å². The van der Waals surface area contributed by atoms with E-state index in [-0.39, 0.29) is 17.3 Å². The van der Waals surface area contributed by atoms with Crippen LogP contribution in [0.25, 0.3) is 0 Å². The highest BCUT2D eigenvalue weighted by atomic mass is 16.6. The van der Waals surface area contributed by atoms with Gasteiger partial charge in [-0.2, -0.15) is 0 Å². The molecule has 0 saturated carbocycles. The number of aromatic nitrogens is 2. The summed E-state index contributed by atoms with van der Waals surface area (Å²) < 4.78 is 0. The van der Waals surface area contributed by atoms with Gasteiger partial charge in [0.05, 0.1) is 4.92 Å². The van der Waals surface area contributed by atoms with E-state index in [1.165, 1.54) is 6.33 Å². The van der Waals surface area contributed by atoms with Gasteiger partial charge in [0, 0.05) is 13.1 Å². The fourth-order valence-corrected chi connectivity index (χ4v) is 1.86. The van der Waals surface area contributed by atoms with Crippen LogP contribution in [-0.4, -0.2) is 28.0 Å². The Balaban J connectivity index is 2.64. The van der Waals surface area contributed by atoms with Crippen LogP contribution in [0.5, 0.6) is 0 Å². The molecule has 1 aromatic rings. The third-order valence-corrected chi connectivity index (χ3v) is 2.85. The van der Waals surface area contributed by atoms with Crippen LogP contribution >= 0.6 is 0 Å². The molecule has 0 spiro atoms. The third-order valence-electron chi connectivity index (χ3n) is 2.85. The van der Waals surface area contributed by atoms with E-state index in [1.54, 1.807) is 0 Å². The van der Waals surface area contributed by atoms with Gasteiger partial charge < -0.3 is 10.6 Å². The van der Waals surface area contributed by atoms with Crippen molar-refractivity contribution in [3.8, 4) is 0 Å². The molecule has 0 fully saturated rings. The molecule has 0 saturated heterocycles. The van der Waals surface area contributed by atoms with E-state index in [2.05, 4.69) is 34.4 Å². The number of unbranched alkanes of at least 4 members (excludes halogenated alkanes) is 1. The van der Waals surface area contributed by atoms with Gasteiger partial charge in [0.15, 0.2) is 0 Å². The molecule has 0 amide bonds. The van der Waals surface area contributed by atoms with Crippen molar-refractivity contribution in [3.63, 3.8) is 0 Å². The first-order valence-electron chi connectivity index (χ1n) is 7.03.